The molecule has 2 fully saturated rings. The fourth-order valence-electron chi connectivity index (χ4n) is 10.6. The van der Waals surface area contributed by atoms with E-state index in [4.69, 9.17) is 4.74 Å². The highest BCUT2D eigenvalue weighted by molar-refractivity contribution is 8.01. The van der Waals surface area contributed by atoms with Gasteiger partial charge in [0.2, 0.25) is 0 Å². The van der Waals surface area contributed by atoms with Gasteiger partial charge in [-0.15, -0.1) is 23.5 Å². The molecule has 2 unspecified atom stereocenters. The second-order valence-electron chi connectivity index (χ2n) is 18.9. The number of ketones is 2. The number of ether oxygens (including phenoxy) is 1. The van der Waals surface area contributed by atoms with Gasteiger partial charge >= 0.3 is 0 Å². The fourth-order valence-corrected chi connectivity index (χ4v) is 13.4. The van der Waals surface area contributed by atoms with Crippen molar-refractivity contribution in [2.75, 3.05) is 11.5 Å². The van der Waals surface area contributed by atoms with Gasteiger partial charge in [0.15, 0.2) is 0 Å². The zero-order valence-corrected chi connectivity index (χ0v) is 41.5. The minimum absolute atomic E-state index is 0.0627. The first-order valence-electron chi connectivity index (χ1n) is 24.6. The number of allylic oxidation sites excluding steroid dienone is 6. The molecular formula is C63H54F2O6S2. The zero-order chi connectivity index (χ0) is 50.4. The molecule has 0 radical (unpaired) electrons. The van der Waals surface area contributed by atoms with E-state index in [-0.39, 0.29) is 58.1 Å². The van der Waals surface area contributed by atoms with E-state index in [0.29, 0.717) is 29.9 Å². The fraction of sp³-hybridized carbons (Fsp3) is 0.206. The minimum atomic E-state index is -1.08. The van der Waals surface area contributed by atoms with Gasteiger partial charge in [0.1, 0.15) is 40.4 Å². The van der Waals surface area contributed by atoms with E-state index in [0.717, 1.165) is 50.9 Å². The summed E-state index contributed by atoms with van der Waals surface area (Å²) < 4.78 is 35.1. The van der Waals surface area contributed by atoms with Crippen molar-refractivity contribution < 1.29 is 38.4 Å². The number of aromatic hydroxyl groups is 1. The molecule has 368 valence electrons. The second kappa shape index (κ2) is 22.5. The van der Waals surface area contributed by atoms with Crippen molar-refractivity contribution in [1.29, 1.82) is 0 Å². The van der Waals surface area contributed by atoms with E-state index in [1.54, 1.807) is 42.5 Å². The van der Waals surface area contributed by atoms with Crippen molar-refractivity contribution in [3.63, 3.8) is 0 Å². The van der Waals surface area contributed by atoms with Gasteiger partial charge in [-0.3, -0.25) is 9.59 Å². The maximum absolute atomic E-state index is 14.5. The standard InChI is InChI=1S/C63H54F2O6S2/c64-48-13-7-12-47(33-48)58(69)37-72-62-56(67)36-54(42-21-17-40(18-22-42)39-9-3-1-2-4-10-39)61(62)45-27-31-50(32-28-45)71-51-14-8-11-46(34-51)41-19-23-43(24-20-41)53-35-57(68)63(60(53)44-25-29-49(66)30-26-44)73-38-59(70)52-15-5-6-16-55(52)65/h1-3,5-34,53-54,58-63,66,69-70H,4,35-38H2/t53?,54?,58-,59-,60-,61-,62-,63-/m0/s1. The number of phenols is 1. The molecule has 7 aromatic rings. The monoisotopic (exact) mass is 1010 g/mol. The average Bonchev–Trinajstić information content (AvgIpc) is 3.77. The van der Waals surface area contributed by atoms with E-state index in [9.17, 15) is 33.7 Å². The Balaban J connectivity index is 0.854. The molecule has 8 atom stereocenters. The van der Waals surface area contributed by atoms with Crippen LogP contribution in [0.3, 0.4) is 0 Å². The summed E-state index contributed by atoms with van der Waals surface area (Å²) in [5.41, 5.74) is 8.81. The average molecular weight is 1010 g/mol. The van der Waals surface area contributed by atoms with Crippen LogP contribution in [-0.2, 0) is 9.59 Å². The van der Waals surface area contributed by atoms with Gasteiger partial charge in [0.25, 0.3) is 0 Å². The molecule has 10 heteroatoms. The SMILES string of the molecule is O=C1CC(c2ccc(C3=CCC=CC=C3)cc2)[C@H](c2ccc(Oc3cccc(-c4ccc(C5CC(=O)[C@H](SC[C@H](O)c6ccccc6F)[C@H]5c5ccc(O)cc5)cc4)c3)cc2)[C@H]1SC[C@H](O)c1cccc(F)c1. The topological polar surface area (TPSA) is 104 Å². The number of hydrogen-bond donors (Lipinski definition) is 3. The summed E-state index contributed by atoms with van der Waals surface area (Å²) in [6.07, 6.45) is 10.0. The molecule has 0 spiro atoms. The third-order valence-corrected chi connectivity index (χ3v) is 17.2. The van der Waals surface area contributed by atoms with E-state index in [1.165, 1.54) is 41.7 Å². The van der Waals surface area contributed by atoms with Crippen LogP contribution in [0, 0.1) is 11.6 Å². The number of aliphatic hydroxyl groups excluding tert-OH is 2. The number of thioether (sulfide) groups is 2. The summed E-state index contributed by atoms with van der Waals surface area (Å²) in [4.78, 5) is 27.8. The number of carbonyl (C=O) groups excluding carboxylic acids is 2. The molecule has 7 aromatic carbocycles. The van der Waals surface area contributed by atoms with Crippen LogP contribution in [-0.4, -0.2) is 48.9 Å². The lowest BCUT2D eigenvalue weighted by atomic mass is 9.83. The second-order valence-corrected chi connectivity index (χ2v) is 21.3. The Kier molecular flexibility index (Phi) is 15.3. The number of carbonyl (C=O) groups is 2. The molecule has 3 N–H and O–H groups in total. The Bertz CT molecular complexity index is 3170. The van der Waals surface area contributed by atoms with Crippen molar-refractivity contribution in [3.8, 4) is 28.4 Å². The first-order chi connectivity index (χ1) is 35.6. The Morgan fingerprint density at radius 3 is 1.79 bits per heavy atom. The summed E-state index contributed by atoms with van der Waals surface area (Å²) in [7, 11) is 0. The van der Waals surface area contributed by atoms with Crippen molar-refractivity contribution in [2.45, 2.75) is 65.6 Å². The molecule has 10 rings (SSSR count). The van der Waals surface area contributed by atoms with Crippen LogP contribution in [0.15, 0.2) is 200 Å². The van der Waals surface area contributed by atoms with E-state index in [1.807, 2.05) is 84.9 Å². The van der Waals surface area contributed by atoms with Gasteiger partial charge in [-0.25, -0.2) is 8.78 Å². The third-order valence-electron chi connectivity index (χ3n) is 14.3. The number of benzene rings is 7. The molecule has 3 aliphatic carbocycles. The van der Waals surface area contributed by atoms with Crippen molar-refractivity contribution in [3.05, 3.63) is 251 Å². The molecule has 0 heterocycles. The summed E-state index contributed by atoms with van der Waals surface area (Å²) >= 11 is 2.77. The number of Topliss-reactive ketones (excluding diaryl/α,β-unsaturated/α-hetero) is 2. The molecule has 6 nitrogen and oxygen atoms in total. The number of aliphatic hydroxyl groups is 2. The predicted molar refractivity (Wildman–Crippen MR) is 289 cm³/mol. The number of halogens is 2. The van der Waals surface area contributed by atoms with Crippen LogP contribution in [0.25, 0.3) is 16.7 Å². The Morgan fingerprint density at radius 1 is 0.562 bits per heavy atom. The van der Waals surface area contributed by atoms with Crippen LogP contribution < -0.4 is 4.74 Å². The summed E-state index contributed by atoms with van der Waals surface area (Å²) in [5, 5.41) is 31.3. The maximum Gasteiger partial charge on any atom is 0.147 e. The molecule has 3 aliphatic rings. The van der Waals surface area contributed by atoms with Crippen molar-refractivity contribution >= 4 is 40.7 Å². The highest BCUT2D eigenvalue weighted by Gasteiger charge is 2.46. The summed E-state index contributed by atoms with van der Waals surface area (Å²) in [6.45, 7) is 0. The smallest absolute Gasteiger partial charge is 0.147 e. The van der Waals surface area contributed by atoms with Crippen LogP contribution in [0.5, 0.6) is 17.2 Å². The van der Waals surface area contributed by atoms with Crippen LogP contribution in [0.4, 0.5) is 8.78 Å². The Labute approximate surface area is 433 Å². The van der Waals surface area contributed by atoms with Gasteiger partial charge in [0, 0.05) is 41.7 Å². The lowest BCUT2D eigenvalue weighted by Crippen LogP contribution is -2.20. The largest absolute Gasteiger partial charge is 0.508 e. The highest BCUT2D eigenvalue weighted by atomic mass is 32.2. The quantitative estimate of drug-likeness (QED) is 0.0879. The highest BCUT2D eigenvalue weighted by Crippen LogP contribution is 2.52. The zero-order valence-electron chi connectivity index (χ0n) is 39.8. The first-order valence-corrected chi connectivity index (χ1v) is 26.7. The first kappa shape index (κ1) is 49.7. The molecule has 2 saturated carbocycles. The molecule has 0 bridgehead atoms. The van der Waals surface area contributed by atoms with Gasteiger partial charge in [-0.05, 0) is 123 Å². The van der Waals surface area contributed by atoms with Crippen molar-refractivity contribution in [1.82, 2.24) is 0 Å². The summed E-state index contributed by atoms with van der Waals surface area (Å²) in [6, 6.07) is 51.6. The molecule has 0 aromatic heterocycles. The number of hydrogen-bond acceptors (Lipinski definition) is 8. The molecule has 0 saturated heterocycles. The lowest BCUT2D eigenvalue weighted by Gasteiger charge is -2.26. The van der Waals surface area contributed by atoms with Crippen molar-refractivity contribution in [2.24, 2.45) is 0 Å². The van der Waals surface area contributed by atoms with Gasteiger partial charge in [0.05, 0.1) is 22.7 Å². The van der Waals surface area contributed by atoms with Crippen LogP contribution >= 0.6 is 23.5 Å². The number of phenolic OH excluding ortho intramolecular Hbond substituents is 1. The molecule has 73 heavy (non-hydrogen) atoms. The van der Waals surface area contributed by atoms with E-state index >= 15 is 0 Å². The lowest BCUT2D eigenvalue weighted by molar-refractivity contribution is -0.117. The van der Waals surface area contributed by atoms with Gasteiger partial charge < -0.3 is 20.1 Å². The van der Waals surface area contributed by atoms with E-state index < -0.39 is 34.3 Å². The summed E-state index contributed by atoms with van der Waals surface area (Å²) in [5.74, 6) is 0.393. The minimum Gasteiger partial charge on any atom is -0.508 e. The third kappa shape index (κ3) is 11.4. The maximum atomic E-state index is 14.5. The normalized spacial score (nSPS) is 21.5. The molecule has 0 amide bonds. The van der Waals surface area contributed by atoms with Gasteiger partial charge in [-0.1, -0.05) is 146 Å². The Hall–Kier alpha value is -6.82. The van der Waals surface area contributed by atoms with Crippen LogP contribution in [0.1, 0.15) is 94.1 Å². The van der Waals surface area contributed by atoms with Crippen LogP contribution in [0.2, 0.25) is 0 Å². The molecule has 0 aliphatic heterocycles. The van der Waals surface area contributed by atoms with Gasteiger partial charge in [-0.2, -0.15) is 0 Å². The molecular weight excluding hydrogens is 955 g/mol. The predicted octanol–water partition coefficient (Wildman–Crippen LogP) is 14.4. The van der Waals surface area contributed by atoms with E-state index in [2.05, 4.69) is 54.6 Å². The Morgan fingerprint density at radius 2 is 1.15 bits per heavy atom. The number of rotatable bonds is 16.